The molecular weight excluding hydrogens is 394 g/mol. The Morgan fingerprint density at radius 3 is 2.60 bits per heavy atom. The van der Waals surface area contributed by atoms with E-state index < -0.39 is 0 Å². The second-order valence-corrected chi connectivity index (χ2v) is 8.45. The molecule has 1 aliphatic heterocycles. The van der Waals surface area contributed by atoms with Crippen LogP contribution in [0.15, 0.2) is 58.7 Å². The number of amidine groups is 1. The summed E-state index contributed by atoms with van der Waals surface area (Å²) in [4.78, 5) is 12.3. The van der Waals surface area contributed by atoms with Crippen LogP contribution in [-0.2, 0) is 17.6 Å². The van der Waals surface area contributed by atoms with Crippen LogP contribution in [0.2, 0.25) is 0 Å². The van der Waals surface area contributed by atoms with Crippen LogP contribution >= 0.6 is 11.8 Å². The topological polar surface area (TPSA) is 63.1 Å². The maximum absolute atomic E-state index is 12.3. The quantitative estimate of drug-likeness (QED) is 0.433. The lowest BCUT2D eigenvalue weighted by Crippen LogP contribution is -2.25. The summed E-state index contributed by atoms with van der Waals surface area (Å²) in [5.74, 6) is 0.766. The van der Waals surface area contributed by atoms with Gasteiger partial charge in [-0.25, -0.2) is 0 Å². The lowest BCUT2D eigenvalue weighted by Gasteiger charge is -2.07. The first kappa shape index (κ1) is 22.1. The molecule has 6 heteroatoms. The van der Waals surface area contributed by atoms with E-state index in [1.165, 1.54) is 30.2 Å². The van der Waals surface area contributed by atoms with Crippen molar-refractivity contribution in [2.45, 2.75) is 51.2 Å². The van der Waals surface area contributed by atoms with Crippen LogP contribution < -0.4 is 10.1 Å². The number of para-hydroxylation sites is 1. The number of thioether (sulfide) groups is 1. The molecular formula is C24H29N3O2S. The van der Waals surface area contributed by atoms with Crippen LogP contribution in [0.5, 0.6) is 5.75 Å². The number of benzene rings is 2. The molecule has 1 saturated heterocycles. The summed E-state index contributed by atoms with van der Waals surface area (Å²) < 4.78 is 5.72. The van der Waals surface area contributed by atoms with Gasteiger partial charge in [-0.2, -0.15) is 5.10 Å². The lowest BCUT2D eigenvalue weighted by molar-refractivity contribution is -0.118. The van der Waals surface area contributed by atoms with Crippen molar-refractivity contribution < 1.29 is 9.53 Å². The zero-order valence-corrected chi connectivity index (χ0v) is 18.5. The smallest absolute Gasteiger partial charge is 0.239 e. The minimum Gasteiger partial charge on any atom is -0.493 e. The van der Waals surface area contributed by atoms with Crippen molar-refractivity contribution in [3.63, 3.8) is 0 Å². The summed E-state index contributed by atoms with van der Waals surface area (Å²) in [5, 5.41) is 11.5. The summed E-state index contributed by atoms with van der Waals surface area (Å²) in [7, 11) is 0. The Bertz CT molecular complexity index is 894. The van der Waals surface area contributed by atoms with Gasteiger partial charge in [0, 0.05) is 5.56 Å². The molecule has 158 valence electrons. The predicted molar refractivity (Wildman–Crippen MR) is 126 cm³/mol. The molecule has 3 rings (SSSR count). The van der Waals surface area contributed by atoms with Gasteiger partial charge in [-0.1, -0.05) is 68.4 Å². The molecule has 0 saturated carbocycles. The van der Waals surface area contributed by atoms with Gasteiger partial charge in [0.15, 0.2) is 5.17 Å². The van der Waals surface area contributed by atoms with Crippen molar-refractivity contribution in [2.24, 2.45) is 10.2 Å². The van der Waals surface area contributed by atoms with E-state index in [1.807, 2.05) is 24.3 Å². The Kier molecular flexibility index (Phi) is 8.51. The summed E-state index contributed by atoms with van der Waals surface area (Å²) in [6.07, 6.45) is 6.79. The molecule has 2 aromatic carbocycles. The molecule has 0 aromatic heterocycles. The number of ether oxygens (including phenoxy) is 1. The van der Waals surface area contributed by atoms with Gasteiger partial charge in [-0.15, -0.1) is 5.10 Å². The second kappa shape index (κ2) is 11.6. The van der Waals surface area contributed by atoms with Crippen LogP contribution in [0.1, 0.15) is 49.8 Å². The minimum atomic E-state index is -0.180. The van der Waals surface area contributed by atoms with Crippen LogP contribution in [0.25, 0.3) is 0 Å². The van der Waals surface area contributed by atoms with E-state index in [1.54, 1.807) is 6.21 Å². The molecule has 1 heterocycles. The highest BCUT2D eigenvalue weighted by Crippen LogP contribution is 2.24. The number of nitrogens with zero attached hydrogens (tertiary/aromatic N) is 2. The van der Waals surface area contributed by atoms with Crippen molar-refractivity contribution in [2.75, 3.05) is 6.61 Å². The number of aryl methyl sites for hydroxylation is 1. The largest absolute Gasteiger partial charge is 0.493 e. The fourth-order valence-electron chi connectivity index (χ4n) is 3.10. The number of amides is 1. The summed E-state index contributed by atoms with van der Waals surface area (Å²) >= 11 is 1.43. The van der Waals surface area contributed by atoms with E-state index in [-0.39, 0.29) is 11.2 Å². The first-order chi connectivity index (χ1) is 14.7. The van der Waals surface area contributed by atoms with E-state index in [9.17, 15) is 4.79 Å². The van der Waals surface area contributed by atoms with Gasteiger partial charge in [0.1, 0.15) is 5.75 Å². The van der Waals surface area contributed by atoms with Gasteiger partial charge < -0.3 is 10.1 Å². The first-order valence-corrected chi connectivity index (χ1v) is 11.5. The SMILES string of the molecule is CCCCc1ccc(CC2SC(=NN=Cc3ccccc3OCCC)NC2=O)cc1. The summed E-state index contributed by atoms with van der Waals surface area (Å²) in [6.45, 7) is 4.93. The van der Waals surface area contributed by atoms with E-state index in [4.69, 9.17) is 4.74 Å². The van der Waals surface area contributed by atoms with Crippen molar-refractivity contribution >= 4 is 29.1 Å². The molecule has 1 N–H and O–H groups in total. The molecule has 0 aliphatic carbocycles. The lowest BCUT2D eigenvalue weighted by atomic mass is 10.0. The first-order valence-electron chi connectivity index (χ1n) is 10.6. The molecule has 0 bridgehead atoms. The summed E-state index contributed by atoms with van der Waals surface area (Å²) in [5.41, 5.74) is 3.38. The third-order valence-corrected chi connectivity index (χ3v) is 5.84. The highest BCUT2D eigenvalue weighted by Gasteiger charge is 2.30. The number of hydrogen-bond donors (Lipinski definition) is 1. The highest BCUT2D eigenvalue weighted by molar-refractivity contribution is 8.15. The average Bonchev–Trinajstić information content (AvgIpc) is 3.11. The van der Waals surface area contributed by atoms with E-state index in [2.05, 4.69) is 53.6 Å². The molecule has 0 spiro atoms. The Hall–Kier alpha value is -2.60. The molecule has 1 fully saturated rings. The monoisotopic (exact) mass is 423 g/mol. The molecule has 2 aromatic rings. The fraction of sp³-hybridized carbons (Fsp3) is 0.375. The minimum absolute atomic E-state index is 0.0179. The maximum Gasteiger partial charge on any atom is 0.239 e. The number of nitrogens with one attached hydrogen (secondary N) is 1. The van der Waals surface area contributed by atoms with Gasteiger partial charge in [0.2, 0.25) is 5.91 Å². The van der Waals surface area contributed by atoms with Crippen molar-refractivity contribution in [3.8, 4) is 5.75 Å². The van der Waals surface area contributed by atoms with Crippen LogP contribution in [-0.4, -0.2) is 29.1 Å². The maximum atomic E-state index is 12.3. The van der Waals surface area contributed by atoms with Gasteiger partial charge in [-0.3, -0.25) is 4.79 Å². The van der Waals surface area contributed by atoms with Crippen molar-refractivity contribution in [3.05, 3.63) is 65.2 Å². The number of unbranched alkanes of at least 4 members (excludes halogenated alkanes) is 1. The molecule has 1 amide bonds. The Morgan fingerprint density at radius 2 is 1.83 bits per heavy atom. The third-order valence-electron chi connectivity index (χ3n) is 4.77. The normalized spacial score (nSPS) is 17.6. The zero-order chi connectivity index (χ0) is 21.2. The zero-order valence-electron chi connectivity index (χ0n) is 17.6. The number of hydrogen-bond acceptors (Lipinski definition) is 5. The van der Waals surface area contributed by atoms with Crippen molar-refractivity contribution in [1.29, 1.82) is 0 Å². The standard InChI is InChI=1S/C24H29N3O2S/c1-3-5-8-18-11-13-19(14-12-18)16-22-23(28)26-24(30-22)27-25-17-20-9-6-7-10-21(20)29-15-4-2/h6-7,9-14,17,22H,3-5,8,15-16H2,1-2H3,(H,26,27,28). The summed E-state index contributed by atoms with van der Waals surface area (Å²) in [6, 6.07) is 16.3. The Labute approximate surface area is 183 Å². The molecule has 1 atom stereocenters. The number of carbonyl (C=O) groups excluding carboxylic acids is 1. The second-order valence-electron chi connectivity index (χ2n) is 7.26. The van der Waals surface area contributed by atoms with Crippen LogP contribution in [0, 0.1) is 0 Å². The van der Waals surface area contributed by atoms with Crippen LogP contribution in [0.3, 0.4) is 0 Å². The molecule has 30 heavy (non-hydrogen) atoms. The molecule has 5 nitrogen and oxygen atoms in total. The fourth-order valence-corrected chi connectivity index (χ4v) is 4.06. The number of rotatable bonds is 10. The van der Waals surface area contributed by atoms with Crippen LogP contribution in [0.4, 0.5) is 0 Å². The molecule has 0 radical (unpaired) electrons. The highest BCUT2D eigenvalue weighted by atomic mass is 32.2. The predicted octanol–water partition coefficient (Wildman–Crippen LogP) is 4.98. The van der Waals surface area contributed by atoms with Gasteiger partial charge in [0.25, 0.3) is 0 Å². The van der Waals surface area contributed by atoms with Crippen molar-refractivity contribution in [1.82, 2.24) is 5.32 Å². The van der Waals surface area contributed by atoms with E-state index in [0.717, 1.165) is 29.7 Å². The number of carbonyl (C=O) groups is 1. The Balaban J connectivity index is 1.57. The van der Waals surface area contributed by atoms with Gasteiger partial charge in [-0.05, 0) is 48.9 Å². The molecule has 1 unspecified atom stereocenters. The average molecular weight is 424 g/mol. The Morgan fingerprint density at radius 1 is 1.07 bits per heavy atom. The van der Waals surface area contributed by atoms with E-state index in [0.29, 0.717) is 18.2 Å². The molecule has 1 aliphatic rings. The van der Waals surface area contributed by atoms with Gasteiger partial charge in [0.05, 0.1) is 18.1 Å². The van der Waals surface area contributed by atoms with Gasteiger partial charge >= 0.3 is 0 Å². The third kappa shape index (κ3) is 6.46. The van der Waals surface area contributed by atoms with E-state index >= 15 is 0 Å².